The molecule has 0 fully saturated rings. The van der Waals surface area contributed by atoms with E-state index in [4.69, 9.17) is 0 Å². The third kappa shape index (κ3) is 4.73. The van der Waals surface area contributed by atoms with Crippen molar-refractivity contribution in [2.24, 2.45) is 4.99 Å². The van der Waals surface area contributed by atoms with E-state index in [0.717, 1.165) is 6.42 Å². The second kappa shape index (κ2) is 11.0. The van der Waals surface area contributed by atoms with Crippen molar-refractivity contribution in [3.05, 3.63) is 157 Å². The molecule has 1 atom stereocenters. The first-order valence-electron chi connectivity index (χ1n) is 17.1. The first-order valence-corrected chi connectivity index (χ1v) is 17.1. The van der Waals surface area contributed by atoms with Crippen LogP contribution in [0.3, 0.4) is 0 Å². The minimum Gasteiger partial charge on any atom is -0.269 e. The van der Waals surface area contributed by atoms with Gasteiger partial charge in [-0.2, -0.15) is 0 Å². The number of hydrogen-bond donors (Lipinski definition) is 0. The Kier molecular flexibility index (Phi) is 6.59. The minimum absolute atomic E-state index is 0.0766. The van der Waals surface area contributed by atoms with Crippen molar-refractivity contribution in [1.82, 2.24) is 0 Å². The van der Waals surface area contributed by atoms with Crippen molar-refractivity contribution in [3.8, 4) is 33.4 Å². The Labute approximate surface area is 282 Å². The topological polar surface area (TPSA) is 12.4 Å². The highest BCUT2D eigenvalue weighted by atomic mass is 14.7. The lowest BCUT2D eigenvalue weighted by atomic mass is 9.81. The van der Waals surface area contributed by atoms with Crippen LogP contribution in [0, 0.1) is 0 Å². The van der Waals surface area contributed by atoms with Crippen LogP contribution in [0.15, 0.2) is 151 Å². The third-order valence-electron chi connectivity index (χ3n) is 10.4. The summed E-state index contributed by atoms with van der Waals surface area (Å²) in [5.41, 5.74) is 10.3. The SMILES string of the molecule is CC(C)(C)c1cc2ccc3c(-c4ccc(-c5cccc6ccccc56)cc4)cc(-c4ccc(C5C=NC=CC5)cc4)c4ccc(c1)c2c34. The lowest BCUT2D eigenvalue weighted by Gasteiger charge is -2.23. The van der Waals surface area contributed by atoms with Crippen LogP contribution in [0.2, 0.25) is 0 Å². The number of benzene rings is 8. The third-order valence-corrected chi connectivity index (χ3v) is 10.4. The highest BCUT2D eigenvalue weighted by molar-refractivity contribution is 6.28. The molecule has 0 amide bonds. The molecule has 0 aromatic heterocycles. The Morgan fingerprint density at radius 2 is 1.12 bits per heavy atom. The van der Waals surface area contributed by atoms with E-state index in [0.29, 0.717) is 5.92 Å². The van der Waals surface area contributed by atoms with Gasteiger partial charge in [0.05, 0.1) is 0 Å². The predicted molar refractivity (Wildman–Crippen MR) is 208 cm³/mol. The minimum atomic E-state index is 0.0766. The summed E-state index contributed by atoms with van der Waals surface area (Å²) in [6.45, 7) is 6.91. The molecule has 0 radical (unpaired) electrons. The zero-order chi connectivity index (χ0) is 32.4. The van der Waals surface area contributed by atoms with Crippen molar-refractivity contribution in [2.75, 3.05) is 0 Å². The zero-order valence-corrected chi connectivity index (χ0v) is 27.7. The smallest absolute Gasteiger partial charge is 0.0228 e. The quantitative estimate of drug-likeness (QED) is 0.175. The highest BCUT2D eigenvalue weighted by Gasteiger charge is 2.20. The lowest BCUT2D eigenvalue weighted by Crippen LogP contribution is -2.10. The summed E-state index contributed by atoms with van der Waals surface area (Å²) in [6, 6.07) is 50.2. The average molecular weight is 616 g/mol. The van der Waals surface area contributed by atoms with Gasteiger partial charge >= 0.3 is 0 Å². The molecule has 0 aliphatic carbocycles. The molecule has 0 saturated carbocycles. The van der Waals surface area contributed by atoms with Crippen LogP contribution in [-0.4, -0.2) is 6.21 Å². The first-order chi connectivity index (χ1) is 23.4. The van der Waals surface area contributed by atoms with Crippen molar-refractivity contribution >= 4 is 49.3 Å². The van der Waals surface area contributed by atoms with Crippen LogP contribution >= 0.6 is 0 Å². The maximum Gasteiger partial charge on any atom is 0.0228 e. The van der Waals surface area contributed by atoms with Gasteiger partial charge in [-0.25, -0.2) is 0 Å². The molecule has 0 bridgehead atoms. The van der Waals surface area contributed by atoms with Gasteiger partial charge in [-0.15, -0.1) is 0 Å². The van der Waals surface area contributed by atoms with Crippen molar-refractivity contribution in [2.45, 2.75) is 38.5 Å². The lowest BCUT2D eigenvalue weighted by molar-refractivity contribution is 0.591. The molecule has 1 heteroatoms. The summed E-state index contributed by atoms with van der Waals surface area (Å²) in [5, 5.41) is 10.5. The normalized spacial score (nSPS) is 14.9. The molecule has 1 unspecified atom stereocenters. The van der Waals surface area contributed by atoms with E-state index in [9.17, 15) is 0 Å². The van der Waals surface area contributed by atoms with E-state index in [1.54, 1.807) is 0 Å². The Morgan fingerprint density at radius 3 is 1.75 bits per heavy atom. The van der Waals surface area contributed by atoms with Gasteiger partial charge in [0.15, 0.2) is 0 Å². The number of nitrogens with zero attached hydrogens (tertiary/aromatic N) is 1. The Morgan fingerprint density at radius 1 is 0.521 bits per heavy atom. The van der Waals surface area contributed by atoms with Gasteiger partial charge in [0.2, 0.25) is 0 Å². The monoisotopic (exact) mass is 615 g/mol. The fraction of sp³-hybridized carbons (Fsp3) is 0.128. The molecular weight excluding hydrogens is 579 g/mol. The molecule has 9 rings (SSSR count). The van der Waals surface area contributed by atoms with E-state index in [1.807, 2.05) is 6.20 Å². The second-order valence-electron chi connectivity index (χ2n) is 14.4. The maximum atomic E-state index is 4.40. The number of aliphatic imine (C=N–C) groups is 1. The zero-order valence-electron chi connectivity index (χ0n) is 27.7. The molecule has 1 nitrogen and oxygen atoms in total. The molecule has 0 N–H and O–H groups in total. The Bertz CT molecular complexity index is 2520. The molecule has 8 aromatic carbocycles. The summed E-state index contributed by atoms with van der Waals surface area (Å²) in [4.78, 5) is 4.40. The van der Waals surface area contributed by atoms with E-state index in [2.05, 4.69) is 172 Å². The van der Waals surface area contributed by atoms with Gasteiger partial charge in [-0.1, -0.05) is 154 Å². The van der Waals surface area contributed by atoms with E-state index in [1.165, 1.54) is 87.6 Å². The van der Waals surface area contributed by atoms with Crippen molar-refractivity contribution < 1.29 is 0 Å². The number of rotatable bonds is 4. The molecule has 8 aromatic rings. The van der Waals surface area contributed by atoms with Gasteiger partial charge < -0.3 is 0 Å². The molecule has 230 valence electrons. The summed E-state index contributed by atoms with van der Waals surface area (Å²) < 4.78 is 0. The summed E-state index contributed by atoms with van der Waals surface area (Å²) in [5.74, 6) is 0.332. The molecule has 48 heavy (non-hydrogen) atoms. The van der Waals surface area contributed by atoms with Crippen molar-refractivity contribution in [3.63, 3.8) is 0 Å². The van der Waals surface area contributed by atoms with Gasteiger partial charge in [-0.3, -0.25) is 4.99 Å². The van der Waals surface area contributed by atoms with Crippen LogP contribution in [0.25, 0.3) is 76.5 Å². The highest BCUT2D eigenvalue weighted by Crippen LogP contribution is 2.45. The molecular formula is C47H37N. The van der Waals surface area contributed by atoms with Crippen LogP contribution in [-0.2, 0) is 5.41 Å². The van der Waals surface area contributed by atoms with Gasteiger partial charge in [-0.05, 0) is 105 Å². The van der Waals surface area contributed by atoms with Crippen molar-refractivity contribution in [1.29, 1.82) is 0 Å². The predicted octanol–water partition coefficient (Wildman–Crippen LogP) is 13.1. The summed E-state index contributed by atoms with van der Waals surface area (Å²) in [6.07, 6.45) is 7.12. The standard InChI is InChI=1S/C47H37N/c1-47(2,3)38-26-35-21-23-41-43(33-15-13-30(14-16-33)37-10-7-25-48-29-37)28-44(42-24-22-36(27-38)45(35)46(41)42)34-19-17-32(18-20-34)40-12-6-9-31-8-4-5-11-39(31)40/h4-9,11-29,37H,10H2,1-3H3. The van der Waals surface area contributed by atoms with E-state index < -0.39 is 0 Å². The van der Waals surface area contributed by atoms with E-state index in [-0.39, 0.29) is 5.41 Å². The number of fused-ring (bicyclic) bond motifs is 1. The Balaban J connectivity index is 1.25. The molecule has 0 spiro atoms. The summed E-state index contributed by atoms with van der Waals surface area (Å²) >= 11 is 0. The van der Waals surface area contributed by atoms with Crippen LogP contribution in [0.4, 0.5) is 0 Å². The molecule has 1 aliphatic heterocycles. The van der Waals surface area contributed by atoms with E-state index >= 15 is 0 Å². The number of allylic oxidation sites excluding steroid dienone is 1. The Hall–Kier alpha value is -5.53. The van der Waals surface area contributed by atoms with Gasteiger partial charge in [0, 0.05) is 18.3 Å². The van der Waals surface area contributed by atoms with Gasteiger partial charge in [0.1, 0.15) is 0 Å². The second-order valence-corrected chi connectivity index (χ2v) is 14.4. The number of hydrogen-bond acceptors (Lipinski definition) is 1. The largest absolute Gasteiger partial charge is 0.269 e. The molecule has 0 saturated heterocycles. The van der Waals surface area contributed by atoms with Gasteiger partial charge in [0.25, 0.3) is 0 Å². The fourth-order valence-electron chi connectivity index (χ4n) is 7.75. The van der Waals surface area contributed by atoms with Crippen LogP contribution < -0.4 is 0 Å². The van der Waals surface area contributed by atoms with Crippen LogP contribution in [0.1, 0.15) is 44.2 Å². The van der Waals surface area contributed by atoms with Crippen LogP contribution in [0.5, 0.6) is 0 Å². The average Bonchev–Trinajstić information content (AvgIpc) is 3.13. The molecule has 1 aliphatic rings. The maximum absolute atomic E-state index is 4.40. The fourth-order valence-corrected chi connectivity index (χ4v) is 7.75. The first kappa shape index (κ1) is 28.7. The summed E-state index contributed by atoms with van der Waals surface area (Å²) in [7, 11) is 0. The molecule has 1 heterocycles.